The average Bonchev–Trinajstić information content (AvgIpc) is 2.91. The van der Waals surface area contributed by atoms with Crippen LogP contribution in [0.15, 0.2) is 59.5 Å². The molecule has 1 aliphatic heterocycles. The molecule has 3 heteroatoms. The molecule has 3 rings (SSSR count). The Kier molecular flexibility index (Phi) is 4.34. The maximum atomic E-state index is 10.9. The fourth-order valence-electron chi connectivity index (χ4n) is 3.02. The van der Waals surface area contributed by atoms with E-state index in [2.05, 4.69) is 35.4 Å². The Balaban J connectivity index is 1.69. The van der Waals surface area contributed by atoms with Crippen LogP contribution in [0.1, 0.15) is 17.5 Å². The summed E-state index contributed by atoms with van der Waals surface area (Å²) >= 11 is 1.77. The first-order chi connectivity index (χ1) is 10.2. The van der Waals surface area contributed by atoms with E-state index in [0.29, 0.717) is 6.54 Å². The van der Waals surface area contributed by atoms with Gasteiger partial charge in [-0.25, -0.2) is 0 Å². The largest absolute Gasteiger partial charge is 0.384 e. The van der Waals surface area contributed by atoms with E-state index in [1.54, 1.807) is 11.8 Å². The van der Waals surface area contributed by atoms with Gasteiger partial charge < -0.3 is 5.11 Å². The minimum atomic E-state index is -0.696. The van der Waals surface area contributed by atoms with E-state index in [4.69, 9.17) is 0 Å². The molecule has 0 aromatic heterocycles. The average molecular weight is 299 g/mol. The molecule has 0 aliphatic carbocycles. The minimum absolute atomic E-state index is 0.696. The summed E-state index contributed by atoms with van der Waals surface area (Å²) in [5.74, 6) is 0. The molecule has 1 fully saturated rings. The molecule has 21 heavy (non-hydrogen) atoms. The maximum absolute atomic E-state index is 10.9. The fraction of sp³-hybridized carbons (Fsp3) is 0.333. The lowest BCUT2D eigenvalue weighted by atomic mass is 9.93. The number of aliphatic hydroxyl groups is 1. The van der Waals surface area contributed by atoms with Crippen LogP contribution in [-0.2, 0) is 12.1 Å². The summed E-state index contributed by atoms with van der Waals surface area (Å²) in [6, 6.07) is 18.7. The molecule has 2 aromatic carbocycles. The molecule has 0 saturated carbocycles. The lowest BCUT2D eigenvalue weighted by Gasteiger charge is -2.24. The van der Waals surface area contributed by atoms with Gasteiger partial charge in [-0.3, -0.25) is 4.90 Å². The van der Waals surface area contributed by atoms with Crippen LogP contribution < -0.4 is 0 Å². The molecular weight excluding hydrogens is 278 g/mol. The summed E-state index contributed by atoms with van der Waals surface area (Å²) in [4.78, 5) is 3.64. The molecule has 0 unspecified atom stereocenters. The van der Waals surface area contributed by atoms with Crippen LogP contribution in [-0.4, -0.2) is 29.4 Å². The zero-order chi connectivity index (χ0) is 14.7. The third-order valence-electron chi connectivity index (χ3n) is 4.18. The number of rotatable bonds is 4. The molecule has 2 nitrogen and oxygen atoms in total. The number of benzene rings is 2. The lowest BCUT2D eigenvalue weighted by molar-refractivity contribution is 0.0453. The van der Waals surface area contributed by atoms with Crippen molar-refractivity contribution in [2.75, 3.05) is 19.3 Å². The third-order valence-corrected chi connectivity index (χ3v) is 4.90. The summed E-state index contributed by atoms with van der Waals surface area (Å²) in [6.45, 7) is 2.55. The fourth-order valence-corrected chi connectivity index (χ4v) is 3.50. The SMILES string of the molecule is CSc1cccc(CN2CC[C@](O)(c3ccccc3)C2)c1. The van der Waals surface area contributed by atoms with Gasteiger partial charge in [-0.05, 0) is 35.9 Å². The molecule has 1 N–H and O–H groups in total. The van der Waals surface area contributed by atoms with Crippen LogP contribution in [0.5, 0.6) is 0 Å². The predicted molar refractivity (Wildman–Crippen MR) is 88.5 cm³/mol. The van der Waals surface area contributed by atoms with Crippen LogP contribution >= 0.6 is 11.8 Å². The van der Waals surface area contributed by atoms with Gasteiger partial charge in [0.15, 0.2) is 0 Å². The van der Waals surface area contributed by atoms with E-state index in [-0.39, 0.29) is 0 Å². The van der Waals surface area contributed by atoms with Crippen molar-refractivity contribution in [2.24, 2.45) is 0 Å². The highest BCUT2D eigenvalue weighted by atomic mass is 32.2. The van der Waals surface area contributed by atoms with E-state index in [9.17, 15) is 5.11 Å². The Labute approximate surface area is 130 Å². The van der Waals surface area contributed by atoms with Gasteiger partial charge >= 0.3 is 0 Å². The molecule has 0 amide bonds. The van der Waals surface area contributed by atoms with Crippen molar-refractivity contribution in [1.82, 2.24) is 4.90 Å². The number of β-amino-alcohol motifs (C(OH)–C–C–N with tert-alkyl or cyclic N) is 1. The number of thioether (sulfide) groups is 1. The number of likely N-dealkylation sites (tertiary alicyclic amines) is 1. The van der Waals surface area contributed by atoms with Gasteiger partial charge in [0.1, 0.15) is 5.60 Å². The number of nitrogens with zero attached hydrogens (tertiary/aromatic N) is 1. The topological polar surface area (TPSA) is 23.5 Å². The smallest absolute Gasteiger partial charge is 0.103 e. The first kappa shape index (κ1) is 14.6. The van der Waals surface area contributed by atoms with Crippen LogP contribution in [0.2, 0.25) is 0 Å². The second-order valence-corrected chi connectivity index (χ2v) is 6.59. The Morgan fingerprint density at radius 2 is 1.95 bits per heavy atom. The van der Waals surface area contributed by atoms with Gasteiger partial charge in [0.05, 0.1) is 0 Å². The number of hydrogen-bond acceptors (Lipinski definition) is 3. The van der Waals surface area contributed by atoms with E-state index in [1.807, 2.05) is 30.3 Å². The van der Waals surface area contributed by atoms with Crippen LogP contribution in [0.3, 0.4) is 0 Å². The molecule has 1 atom stereocenters. The van der Waals surface area contributed by atoms with Crippen molar-refractivity contribution >= 4 is 11.8 Å². The molecule has 1 saturated heterocycles. The first-order valence-electron chi connectivity index (χ1n) is 7.33. The van der Waals surface area contributed by atoms with Gasteiger partial charge in [0.25, 0.3) is 0 Å². The quantitative estimate of drug-likeness (QED) is 0.874. The van der Waals surface area contributed by atoms with Gasteiger partial charge in [0, 0.05) is 24.5 Å². The highest BCUT2D eigenvalue weighted by Gasteiger charge is 2.37. The first-order valence-corrected chi connectivity index (χ1v) is 8.55. The monoisotopic (exact) mass is 299 g/mol. The Hall–Kier alpha value is -1.29. The second-order valence-electron chi connectivity index (χ2n) is 5.71. The highest BCUT2D eigenvalue weighted by molar-refractivity contribution is 7.98. The van der Waals surface area contributed by atoms with E-state index in [0.717, 1.165) is 25.1 Å². The third kappa shape index (κ3) is 3.31. The zero-order valence-electron chi connectivity index (χ0n) is 12.3. The van der Waals surface area contributed by atoms with Gasteiger partial charge in [-0.1, -0.05) is 42.5 Å². The Bertz CT molecular complexity index is 601. The molecular formula is C18H21NOS. The van der Waals surface area contributed by atoms with Crippen molar-refractivity contribution in [3.8, 4) is 0 Å². The summed E-state index contributed by atoms with van der Waals surface area (Å²) in [7, 11) is 0. The zero-order valence-corrected chi connectivity index (χ0v) is 13.1. The highest BCUT2D eigenvalue weighted by Crippen LogP contribution is 2.32. The van der Waals surface area contributed by atoms with E-state index < -0.39 is 5.60 Å². The van der Waals surface area contributed by atoms with E-state index in [1.165, 1.54) is 10.5 Å². The molecule has 110 valence electrons. The van der Waals surface area contributed by atoms with Crippen LogP contribution in [0, 0.1) is 0 Å². The minimum Gasteiger partial charge on any atom is -0.384 e. The Morgan fingerprint density at radius 3 is 2.71 bits per heavy atom. The van der Waals surface area contributed by atoms with Crippen molar-refractivity contribution in [1.29, 1.82) is 0 Å². The lowest BCUT2D eigenvalue weighted by Crippen LogP contribution is -2.30. The number of hydrogen-bond donors (Lipinski definition) is 1. The van der Waals surface area contributed by atoms with Crippen LogP contribution in [0.4, 0.5) is 0 Å². The summed E-state index contributed by atoms with van der Waals surface area (Å²) in [5.41, 5.74) is 1.66. The predicted octanol–water partition coefficient (Wildman–Crippen LogP) is 3.50. The molecule has 0 spiro atoms. The Morgan fingerprint density at radius 1 is 1.14 bits per heavy atom. The van der Waals surface area contributed by atoms with Crippen molar-refractivity contribution in [3.05, 3.63) is 65.7 Å². The van der Waals surface area contributed by atoms with Gasteiger partial charge in [-0.2, -0.15) is 0 Å². The van der Waals surface area contributed by atoms with Crippen molar-refractivity contribution in [2.45, 2.75) is 23.5 Å². The van der Waals surface area contributed by atoms with Crippen LogP contribution in [0.25, 0.3) is 0 Å². The standard InChI is InChI=1S/C18H21NOS/c1-21-17-9-5-6-15(12-17)13-19-11-10-18(20,14-19)16-7-3-2-4-8-16/h2-9,12,20H,10-11,13-14H2,1H3/t18-/m1/s1. The summed E-state index contributed by atoms with van der Waals surface area (Å²) < 4.78 is 0. The molecule has 2 aromatic rings. The van der Waals surface area contributed by atoms with Crippen molar-refractivity contribution in [3.63, 3.8) is 0 Å². The summed E-state index contributed by atoms with van der Waals surface area (Å²) in [6.07, 6.45) is 2.91. The molecule has 0 radical (unpaired) electrons. The van der Waals surface area contributed by atoms with Gasteiger partial charge in [-0.15, -0.1) is 11.8 Å². The van der Waals surface area contributed by atoms with Crippen molar-refractivity contribution < 1.29 is 5.11 Å². The molecule has 0 bridgehead atoms. The molecule has 1 aliphatic rings. The van der Waals surface area contributed by atoms with E-state index >= 15 is 0 Å². The normalized spacial score (nSPS) is 22.6. The summed E-state index contributed by atoms with van der Waals surface area (Å²) in [5, 5.41) is 10.9. The maximum Gasteiger partial charge on any atom is 0.103 e. The van der Waals surface area contributed by atoms with Gasteiger partial charge in [0.2, 0.25) is 0 Å². The second kappa shape index (κ2) is 6.22. The molecule has 1 heterocycles.